The number of phenolic OH excluding ortho intramolecular Hbond substituents is 1. The minimum absolute atomic E-state index is 0.214. The Kier molecular flexibility index (Phi) is 3.89. The van der Waals surface area contributed by atoms with Gasteiger partial charge >= 0.3 is 0 Å². The summed E-state index contributed by atoms with van der Waals surface area (Å²) < 4.78 is 5.37. The zero-order valence-electron chi connectivity index (χ0n) is 10.6. The van der Waals surface area contributed by atoms with Gasteiger partial charge in [0.15, 0.2) is 11.5 Å². The van der Waals surface area contributed by atoms with E-state index in [4.69, 9.17) is 4.74 Å². The Morgan fingerprint density at radius 1 is 1.47 bits per heavy atom. The fourth-order valence-electron chi connectivity index (χ4n) is 1.98. The van der Waals surface area contributed by atoms with Crippen LogP contribution in [0.4, 0.5) is 0 Å². The van der Waals surface area contributed by atoms with Crippen LogP contribution < -0.4 is 10.1 Å². The van der Waals surface area contributed by atoms with Gasteiger partial charge in [-0.05, 0) is 50.3 Å². The van der Waals surface area contributed by atoms with Crippen molar-refractivity contribution in [1.29, 1.82) is 0 Å². The second-order valence-corrected chi connectivity index (χ2v) is 4.74. The summed E-state index contributed by atoms with van der Waals surface area (Å²) in [6, 6.07) is 6.12. The summed E-state index contributed by atoms with van der Waals surface area (Å²) >= 11 is 0. The molecule has 1 aliphatic rings. The summed E-state index contributed by atoms with van der Waals surface area (Å²) in [5.41, 5.74) is 1.15. The van der Waals surface area contributed by atoms with E-state index in [1.54, 1.807) is 6.07 Å². The summed E-state index contributed by atoms with van der Waals surface area (Å²) in [5, 5.41) is 13.1. The first-order chi connectivity index (χ1) is 8.20. The highest BCUT2D eigenvalue weighted by atomic mass is 16.5. The van der Waals surface area contributed by atoms with Crippen LogP contribution in [0, 0.1) is 5.92 Å². The Bertz CT molecular complexity index is 374. The summed E-state index contributed by atoms with van der Waals surface area (Å²) in [5.74, 6) is 1.65. The highest BCUT2D eigenvalue weighted by Gasteiger charge is 2.27. The highest BCUT2D eigenvalue weighted by molar-refractivity contribution is 5.41. The highest BCUT2D eigenvalue weighted by Crippen LogP contribution is 2.32. The molecule has 1 aromatic rings. The largest absolute Gasteiger partial charge is 0.504 e. The first-order valence-corrected chi connectivity index (χ1v) is 6.38. The molecule has 0 bridgehead atoms. The number of hydrogen-bond donors (Lipinski definition) is 2. The molecule has 2 N–H and O–H groups in total. The molecule has 0 amide bonds. The van der Waals surface area contributed by atoms with E-state index < -0.39 is 0 Å². The Morgan fingerprint density at radius 2 is 2.24 bits per heavy atom. The van der Waals surface area contributed by atoms with Gasteiger partial charge in [-0.2, -0.15) is 0 Å². The van der Waals surface area contributed by atoms with Crippen molar-refractivity contribution in [3.63, 3.8) is 0 Å². The Hall–Kier alpha value is -1.22. The van der Waals surface area contributed by atoms with Crippen LogP contribution in [0.25, 0.3) is 0 Å². The van der Waals surface area contributed by atoms with Crippen LogP contribution in [-0.2, 0) is 6.54 Å². The summed E-state index contributed by atoms with van der Waals surface area (Å²) in [4.78, 5) is 0. The fourth-order valence-corrected chi connectivity index (χ4v) is 1.98. The molecule has 0 radical (unpaired) electrons. The Labute approximate surface area is 103 Å². The maximum Gasteiger partial charge on any atom is 0.161 e. The smallest absolute Gasteiger partial charge is 0.161 e. The van der Waals surface area contributed by atoms with Gasteiger partial charge in [-0.3, -0.25) is 0 Å². The molecule has 0 heterocycles. The van der Waals surface area contributed by atoms with E-state index in [1.807, 2.05) is 19.1 Å². The maximum absolute atomic E-state index is 9.60. The quantitative estimate of drug-likeness (QED) is 0.796. The third kappa shape index (κ3) is 3.37. The van der Waals surface area contributed by atoms with Crippen molar-refractivity contribution >= 4 is 0 Å². The molecule has 0 aromatic heterocycles. The predicted octanol–water partition coefficient (Wildman–Crippen LogP) is 2.68. The van der Waals surface area contributed by atoms with Gasteiger partial charge < -0.3 is 15.2 Å². The standard InChI is InChI=1S/C14H21NO2/c1-3-17-14-8-11(4-7-13(14)16)9-15-10(2)12-5-6-12/h4,7-8,10,12,15-16H,3,5-6,9H2,1-2H3. The minimum Gasteiger partial charge on any atom is -0.504 e. The number of nitrogens with one attached hydrogen (secondary N) is 1. The molecule has 1 unspecified atom stereocenters. The lowest BCUT2D eigenvalue weighted by Gasteiger charge is -2.13. The van der Waals surface area contributed by atoms with Gasteiger partial charge in [-0.25, -0.2) is 0 Å². The Morgan fingerprint density at radius 3 is 2.88 bits per heavy atom. The topological polar surface area (TPSA) is 41.5 Å². The van der Waals surface area contributed by atoms with Gasteiger partial charge in [0.25, 0.3) is 0 Å². The second kappa shape index (κ2) is 5.41. The van der Waals surface area contributed by atoms with Crippen molar-refractivity contribution in [2.75, 3.05) is 6.61 Å². The minimum atomic E-state index is 0.214. The van der Waals surface area contributed by atoms with Crippen LogP contribution in [0.3, 0.4) is 0 Å². The molecule has 3 heteroatoms. The van der Waals surface area contributed by atoms with E-state index in [9.17, 15) is 5.11 Å². The lowest BCUT2D eigenvalue weighted by molar-refractivity contribution is 0.317. The number of ether oxygens (including phenoxy) is 1. The van der Waals surface area contributed by atoms with E-state index in [0.717, 1.165) is 18.0 Å². The molecule has 17 heavy (non-hydrogen) atoms. The molecule has 0 aliphatic heterocycles. The van der Waals surface area contributed by atoms with E-state index in [0.29, 0.717) is 18.4 Å². The summed E-state index contributed by atoms with van der Waals surface area (Å²) in [7, 11) is 0. The van der Waals surface area contributed by atoms with Crippen LogP contribution in [0.15, 0.2) is 18.2 Å². The van der Waals surface area contributed by atoms with Crippen LogP contribution >= 0.6 is 0 Å². The number of phenols is 1. The molecule has 1 fully saturated rings. The van der Waals surface area contributed by atoms with E-state index in [1.165, 1.54) is 12.8 Å². The van der Waals surface area contributed by atoms with Gasteiger partial charge in [-0.15, -0.1) is 0 Å². The first-order valence-electron chi connectivity index (χ1n) is 6.38. The van der Waals surface area contributed by atoms with Crippen molar-refractivity contribution in [3.8, 4) is 11.5 Å². The van der Waals surface area contributed by atoms with Crippen molar-refractivity contribution in [2.24, 2.45) is 5.92 Å². The Balaban J connectivity index is 1.93. The fraction of sp³-hybridized carbons (Fsp3) is 0.571. The predicted molar refractivity (Wildman–Crippen MR) is 68.3 cm³/mol. The van der Waals surface area contributed by atoms with Crippen molar-refractivity contribution in [3.05, 3.63) is 23.8 Å². The molecule has 94 valence electrons. The van der Waals surface area contributed by atoms with Gasteiger partial charge in [0.2, 0.25) is 0 Å². The molecule has 1 aliphatic carbocycles. The molecule has 0 spiro atoms. The third-order valence-electron chi connectivity index (χ3n) is 3.28. The number of rotatable bonds is 6. The zero-order chi connectivity index (χ0) is 12.3. The molecule has 2 rings (SSSR count). The number of aromatic hydroxyl groups is 1. The lowest BCUT2D eigenvalue weighted by atomic mass is 10.1. The molecular weight excluding hydrogens is 214 g/mol. The van der Waals surface area contributed by atoms with Crippen molar-refractivity contribution in [2.45, 2.75) is 39.3 Å². The van der Waals surface area contributed by atoms with E-state index >= 15 is 0 Å². The second-order valence-electron chi connectivity index (χ2n) is 4.74. The molecule has 1 atom stereocenters. The van der Waals surface area contributed by atoms with Crippen LogP contribution in [-0.4, -0.2) is 17.8 Å². The van der Waals surface area contributed by atoms with Crippen LogP contribution in [0.2, 0.25) is 0 Å². The van der Waals surface area contributed by atoms with Gasteiger partial charge in [0.1, 0.15) is 0 Å². The number of hydrogen-bond acceptors (Lipinski definition) is 3. The average molecular weight is 235 g/mol. The summed E-state index contributed by atoms with van der Waals surface area (Å²) in [6.45, 7) is 5.56. The van der Waals surface area contributed by atoms with Crippen molar-refractivity contribution < 1.29 is 9.84 Å². The molecule has 0 saturated heterocycles. The molecular formula is C14H21NO2. The summed E-state index contributed by atoms with van der Waals surface area (Å²) in [6.07, 6.45) is 2.71. The van der Waals surface area contributed by atoms with Gasteiger partial charge in [0, 0.05) is 12.6 Å². The zero-order valence-corrected chi connectivity index (χ0v) is 10.6. The average Bonchev–Trinajstić information content (AvgIpc) is 3.14. The lowest BCUT2D eigenvalue weighted by Crippen LogP contribution is -2.27. The van der Waals surface area contributed by atoms with Crippen LogP contribution in [0.1, 0.15) is 32.3 Å². The van der Waals surface area contributed by atoms with E-state index in [-0.39, 0.29) is 5.75 Å². The van der Waals surface area contributed by atoms with E-state index in [2.05, 4.69) is 12.2 Å². The third-order valence-corrected chi connectivity index (χ3v) is 3.28. The van der Waals surface area contributed by atoms with Gasteiger partial charge in [-0.1, -0.05) is 6.07 Å². The molecule has 1 saturated carbocycles. The molecule has 1 aromatic carbocycles. The first kappa shape index (κ1) is 12.2. The normalized spacial score (nSPS) is 16.8. The monoisotopic (exact) mass is 235 g/mol. The maximum atomic E-state index is 9.60. The van der Waals surface area contributed by atoms with Crippen LogP contribution in [0.5, 0.6) is 11.5 Å². The SMILES string of the molecule is CCOc1cc(CNC(C)C2CC2)ccc1O. The van der Waals surface area contributed by atoms with Gasteiger partial charge in [0.05, 0.1) is 6.61 Å². The number of benzene rings is 1. The van der Waals surface area contributed by atoms with Crippen molar-refractivity contribution in [1.82, 2.24) is 5.32 Å². The molecule has 3 nitrogen and oxygen atoms in total.